The predicted octanol–water partition coefficient (Wildman–Crippen LogP) is 2.96. The summed E-state index contributed by atoms with van der Waals surface area (Å²) in [6.45, 7) is 8.97. The normalized spacial score (nSPS) is 28.2. The van der Waals surface area contributed by atoms with Crippen LogP contribution in [0, 0.1) is 0 Å². The number of carboxylic acid groups (broad SMARTS) is 1. The number of ether oxygens (including phenoxy) is 1. The summed E-state index contributed by atoms with van der Waals surface area (Å²) in [6, 6.07) is 7.57. The molecule has 6 nitrogen and oxygen atoms in total. The van der Waals surface area contributed by atoms with E-state index in [2.05, 4.69) is 0 Å². The van der Waals surface area contributed by atoms with Gasteiger partial charge in [0.1, 0.15) is 0 Å². The van der Waals surface area contributed by atoms with Crippen LogP contribution >= 0.6 is 0 Å². The van der Waals surface area contributed by atoms with E-state index < -0.39 is 13.2 Å². The van der Waals surface area contributed by atoms with Crippen LogP contribution in [0.2, 0.25) is 0 Å². The van der Waals surface area contributed by atoms with Crippen LogP contribution in [0.25, 0.3) is 0 Å². The standard InChI is InChI=1S/C20H28BNO5/c1-18(2)19(3,4)27-21(26-18)15-8-6-14(7-9-15)16-12-25-20(10-5-11-20)13-22(16)17(23)24/h6-9,16H,5,10-13H2,1-4H3,(H,23,24). The van der Waals surface area contributed by atoms with E-state index in [4.69, 9.17) is 14.0 Å². The summed E-state index contributed by atoms with van der Waals surface area (Å²) in [5.74, 6) is 0. The van der Waals surface area contributed by atoms with Crippen molar-refractivity contribution < 1.29 is 23.9 Å². The average Bonchev–Trinajstić information content (AvgIpc) is 2.81. The Kier molecular flexibility index (Phi) is 4.33. The molecule has 1 saturated carbocycles. The molecule has 27 heavy (non-hydrogen) atoms. The number of benzene rings is 1. The molecule has 2 saturated heterocycles. The number of hydrogen-bond acceptors (Lipinski definition) is 4. The molecule has 0 bridgehead atoms. The molecule has 2 heterocycles. The van der Waals surface area contributed by atoms with Crippen LogP contribution in [0.15, 0.2) is 24.3 Å². The highest BCUT2D eigenvalue weighted by Gasteiger charge is 2.52. The Balaban J connectivity index is 1.51. The second-order valence-electron chi connectivity index (χ2n) is 9.03. The Hall–Kier alpha value is -1.57. The molecule has 1 spiro atoms. The van der Waals surface area contributed by atoms with Gasteiger partial charge in [-0.25, -0.2) is 4.79 Å². The first kappa shape index (κ1) is 18.8. The van der Waals surface area contributed by atoms with Gasteiger partial charge in [-0.1, -0.05) is 24.3 Å². The molecule has 1 unspecified atom stereocenters. The maximum Gasteiger partial charge on any atom is 0.494 e. The average molecular weight is 373 g/mol. The summed E-state index contributed by atoms with van der Waals surface area (Å²) in [6.07, 6.45) is 2.12. The molecule has 2 aliphatic heterocycles. The van der Waals surface area contributed by atoms with Crippen LogP contribution < -0.4 is 5.46 Å². The van der Waals surface area contributed by atoms with Crippen LogP contribution in [0.5, 0.6) is 0 Å². The van der Waals surface area contributed by atoms with Gasteiger partial charge in [0.05, 0.1) is 36.0 Å². The molecule has 3 fully saturated rings. The van der Waals surface area contributed by atoms with Gasteiger partial charge in [0.25, 0.3) is 0 Å². The summed E-state index contributed by atoms with van der Waals surface area (Å²) >= 11 is 0. The lowest BCUT2D eigenvalue weighted by Crippen LogP contribution is -2.57. The van der Waals surface area contributed by atoms with E-state index in [9.17, 15) is 9.90 Å². The lowest BCUT2D eigenvalue weighted by molar-refractivity contribution is -0.164. The van der Waals surface area contributed by atoms with Crippen LogP contribution in [0.1, 0.15) is 58.6 Å². The lowest BCUT2D eigenvalue weighted by atomic mass is 9.77. The Morgan fingerprint density at radius 2 is 1.70 bits per heavy atom. The van der Waals surface area contributed by atoms with E-state index in [-0.39, 0.29) is 22.8 Å². The van der Waals surface area contributed by atoms with Crippen molar-refractivity contribution in [2.24, 2.45) is 0 Å². The minimum atomic E-state index is -0.885. The molecule has 7 heteroatoms. The molecule has 4 rings (SSSR count). The van der Waals surface area contributed by atoms with Crippen molar-refractivity contribution in [3.8, 4) is 0 Å². The van der Waals surface area contributed by atoms with Crippen molar-refractivity contribution in [2.75, 3.05) is 13.2 Å². The Morgan fingerprint density at radius 3 is 2.19 bits per heavy atom. The molecule has 1 atom stereocenters. The molecule has 3 aliphatic rings. The summed E-state index contributed by atoms with van der Waals surface area (Å²) in [5.41, 5.74) is 0.853. The smallest absolute Gasteiger partial charge is 0.465 e. The quantitative estimate of drug-likeness (QED) is 0.808. The van der Waals surface area contributed by atoms with Crippen LogP contribution in [-0.4, -0.2) is 53.2 Å². The van der Waals surface area contributed by atoms with Crippen molar-refractivity contribution in [3.05, 3.63) is 29.8 Å². The SMILES string of the molecule is CC1(C)OB(c2ccc(C3COC4(CCC4)CN3C(=O)O)cc2)OC1(C)C. The van der Waals surface area contributed by atoms with Gasteiger partial charge in [0.15, 0.2) is 0 Å². The van der Waals surface area contributed by atoms with E-state index >= 15 is 0 Å². The molecule has 146 valence electrons. The first-order valence-electron chi connectivity index (χ1n) is 9.72. The van der Waals surface area contributed by atoms with Crippen molar-refractivity contribution in [1.29, 1.82) is 0 Å². The number of hydrogen-bond donors (Lipinski definition) is 1. The van der Waals surface area contributed by atoms with Gasteiger partial charge in [-0.15, -0.1) is 0 Å². The van der Waals surface area contributed by atoms with Gasteiger partial charge in [0.2, 0.25) is 0 Å². The second-order valence-corrected chi connectivity index (χ2v) is 9.03. The first-order valence-corrected chi connectivity index (χ1v) is 9.72. The van der Waals surface area contributed by atoms with Gasteiger partial charge in [-0.05, 0) is 58.0 Å². The van der Waals surface area contributed by atoms with Gasteiger partial charge in [-0.3, -0.25) is 4.90 Å². The topological polar surface area (TPSA) is 68.2 Å². The van der Waals surface area contributed by atoms with E-state index in [0.717, 1.165) is 30.3 Å². The third-order valence-electron chi connectivity index (χ3n) is 6.74. The highest BCUT2D eigenvalue weighted by atomic mass is 16.7. The largest absolute Gasteiger partial charge is 0.494 e. The van der Waals surface area contributed by atoms with Crippen molar-refractivity contribution in [3.63, 3.8) is 0 Å². The third kappa shape index (κ3) is 3.16. The summed E-state index contributed by atoms with van der Waals surface area (Å²) in [4.78, 5) is 13.3. The fourth-order valence-electron chi connectivity index (χ4n) is 4.02. The van der Waals surface area contributed by atoms with Gasteiger partial charge in [0, 0.05) is 0 Å². The van der Waals surface area contributed by atoms with Crippen molar-refractivity contribution >= 4 is 18.7 Å². The van der Waals surface area contributed by atoms with Crippen LogP contribution in [0.4, 0.5) is 4.79 Å². The summed E-state index contributed by atoms with van der Waals surface area (Å²) < 4.78 is 18.3. The number of rotatable bonds is 2. The van der Waals surface area contributed by atoms with Gasteiger partial charge < -0.3 is 19.2 Å². The van der Waals surface area contributed by atoms with Crippen LogP contribution in [-0.2, 0) is 14.0 Å². The van der Waals surface area contributed by atoms with Crippen molar-refractivity contribution in [2.45, 2.75) is 69.8 Å². The molecule has 1 aromatic rings. The zero-order chi connectivity index (χ0) is 19.4. The molecule has 1 aromatic carbocycles. The summed E-state index contributed by atoms with van der Waals surface area (Å²) in [7, 11) is -0.416. The number of carbonyl (C=O) groups is 1. The maximum atomic E-state index is 11.8. The van der Waals surface area contributed by atoms with E-state index in [1.165, 1.54) is 4.90 Å². The molecular formula is C20H28BNO5. The zero-order valence-electron chi connectivity index (χ0n) is 16.5. The van der Waals surface area contributed by atoms with E-state index in [1.807, 2.05) is 52.0 Å². The van der Waals surface area contributed by atoms with E-state index in [1.54, 1.807) is 0 Å². The predicted molar refractivity (Wildman–Crippen MR) is 102 cm³/mol. The van der Waals surface area contributed by atoms with Crippen LogP contribution in [0.3, 0.4) is 0 Å². The third-order valence-corrected chi connectivity index (χ3v) is 6.74. The molecule has 1 amide bonds. The number of morpholine rings is 1. The summed E-state index contributed by atoms with van der Waals surface area (Å²) in [5, 5.41) is 9.69. The fourth-order valence-corrected chi connectivity index (χ4v) is 4.02. The minimum absolute atomic E-state index is 0.252. The monoisotopic (exact) mass is 373 g/mol. The minimum Gasteiger partial charge on any atom is -0.465 e. The van der Waals surface area contributed by atoms with Gasteiger partial charge >= 0.3 is 13.2 Å². The Bertz CT molecular complexity index is 712. The first-order chi connectivity index (χ1) is 12.6. The number of amides is 1. The Labute approximate surface area is 160 Å². The molecular weight excluding hydrogens is 345 g/mol. The molecule has 1 aliphatic carbocycles. The lowest BCUT2D eigenvalue weighted by Gasteiger charge is -2.50. The zero-order valence-corrected chi connectivity index (χ0v) is 16.5. The van der Waals surface area contributed by atoms with Gasteiger partial charge in [-0.2, -0.15) is 0 Å². The van der Waals surface area contributed by atoms with E-state index in [0.29, 0.717) is 13.2 Å². The molecule has 0 aromatic heterocycles. The highest BCUT2D eigenvalue weighted by Crippen LogP contribution is 2.42. The Morgan fingerprint density at radius 1 is 1.11 bits per heavy atom. The fraction of sp³-hybridized carbons (Fsp3) is 0.650. The molecule has 0 radical (unpaired) electrons. The second kappa shape index (κ2) is 6.22. The highest BCUT2D eigenvalue weighted by molar-refractivity contribution is 6.62. The molecule has 1 N–H and O–H groups in total. The van der Waals surface area contributed by atoms with Crippen molar-refractivity contribution in [1.82, 2.24) is 4.90 Å². The number of nitrogens with zero attached hydrogens (tertiary/aromatic N) is 1. The maximum absolute atomic E-state index is 11.8.